The first kappa shape index (κ1) is 17.9. The fourth-order valence-electron chi connectivity index (χ4n) is 2.92. The van der Waals surface area contributed by atoms with Gasteiger partial charge in [0.2, 0.25) is 11.8 Å². The molecule has 6 nitrogen and oxygen atoms in total. The number of nitrogens with zero attached hydrogens (tertiary/aromatic N) is 2. The summed E-state index contributed by atoms with van der Waals surface area (Å²) in [6.45, 7) is 3.70. The van der Waals surface area contributed by atoms with Gasteiger partial charge in [-0.2, -0.15) is 0 Å². The van der Waals surface area contributed by atoms with Gasteiger partial charge >= 0.3 is 0 Å². The molecule has 1 aromatic heterocycles. The van der Waals surface area contributed by atoms with Crippen LogP contribution in [0.1, 0.15) is 30.0 Å². The van der Waals surface area contributed by atoms with Crippen molar-refractivity contribution in [2.45, 2.75) is 32.9 Å². The molecule has 0 saturated carbocycles. The second-order valence-electron chi connectivity index (χ2n) is 6.37. The Morgan fingerprint density at radius 1 is 1.27 bits per heavy atom. The zero-order valence-electron chi connectivity index (χ0n) is 14.9. The average Bonchev–Trinajstić information content (AvgIpc) is 2.87. The van der Waals surface area contributed by atoms with Crippen molar-refractivity contribution in [1.82, 2.24) is 15.2 Å². The van der Waals surface area contributed by atoms with Crippen LogP contribution in [-0.4, -0.2) is 34.8 Å². The van der Waals surface area contributed by atoms with Crippen LogP contribution in [0.25, 0.3) is 0 Å². The highest BCUT2D eigenvalue weighted by molar-refractivity contribution is 5.76. The fourth-order valence-corrected chi connectivity index (χ4v) is 2.92. The van der Waals surface area contributed by atoms with Crippen LogP contribution in [0.3, 0.4) is 0 Å². The lowest BCUT2D eigenvalue weighted by Crippen LogP contribution is -2.30. The molecule has 0 unspecified atom stereocenters. The number of ether oxygens (including phenoxy) is 1. The minimum absolute atomic E-state index is 0.00501. The van der Waals surface area contributed by atoms with E-state index in [9.17, 15) is 9.59 Å². The van der Waals surface area contributed by atoms with E-state index in [1.807, 2.05) is 30.3 Å². The van der Waals surface area contributed by atoms with E-state index in [0.29, 0.717) is 39.1 Å². The Bertz CT molecular complexity index is 777. The lowest BCUT2D eigenvalue weighted by atomic mass is 10.0. The first-order valence-electron chi connectivity index (χ1n) is 8.77. The van der Waals surface area contributed by atoms with E-state index in [1.165, 1.54) is 0 Å². The highest BCUT2D eigenvalue weighted by Crippen LogP contribution is 2.25. The van der Waals surface area contributed by atoms with E-state index >= 15 is 0 Å². The molecule has 1 aliphatic heterocycles. The van der Waals surface area contributed by atoms with Gasteiger partial charge in [0, 0.05) is 44.4 Å². The molecule has 26 heavy (non-hydrogen) atoms. The molecular weight excluding hydrogens is 330 g/mol. The third-order valence-electron chi connectivity index (χ3n) is 4.40. The molecule has 0 bridgehead atoms. The molecule has 0 saturated heterocycles. The number of rotatable bonds is 5. The standard InChI is InChI=1S/C20H23N3O3/c1-15(24)23-9-10-26-19-6-4-16(11-18(19)14-23)5-7-20(25)22-13-17-3-2-8-21-12-17/h2-4,6,8,11-12H,5,7,9-10,13-14H2,1H3,(H,22,25). The monoisotopic (exact) mass is 353 g/mol. The van der Waals surface area contributed by atoms with Crippen LogP contribution in [-0.2, 0) is 29.1 Å². The molecule has 6 heteroatoms. The predicted octanol–water partition coefficient (Wildman–Crippen LogP) is 2.07. The summed E-state index contributed by atoms with van der Waals surface area (Å²) in [6.07, 6.45) is 4.51. The topological polar surface area (TPSA) is 71.5 Å². The molecule has 0 spiro atoms. The van der Waals surface area contributed by atoms with Crippen molar-refractivity contribution < 1.29 is 14.3 Å². The maximum absolute atomic E-state index is 12.1. The molecule has 1 N–H and O–H groups in total. The summed E-state index contributed by atoms with van der Waals surface area (Å²) in [5, 5.41) is 2.91. The zero-order valence-corrected chi connectivity index (χ0v) is 14.9. The number of nitrogens with one attached hydrogen (secondary N) is 1. The van der Waals surface area contributed by atoms with E-state index in [1.54, 1.807) is 24.2 Å². The largest absolute Gasteiger partial charge is 0.491 e. The summed E-state index contributed by atoms with van der Waals surface area (Å²) < 4.78 is 5.72. The number of carbonyl (C=O) groups is 2. The number of hydrogen-bond acceptors (Lipinski definition) is 4. The van der Waals surface area contributed by atoms with Gasteiger partial charge in [0.1, 0.15) is 12.4 Å². The Kier molecular flexibility index (Phi) is 5.84. The van der Waals surface area contributed by atoms with Gasteiger partial charge in [0.15, 0.2) is 0 Å². The highest BCUT2D eigenvalue weighted by Gasteiger charge is 2.17. The molecule has 0 fully saturated rings. The van der Waals surface area contributed by atoms with Crippen LogP contribution < -0.4 is 10.1 Å². The lowest BCUT2D eigenvalue weighted by Gasteiger charge is -2.17. The molecule has 0 atom stereocenters. The van der Waals surface area contributed by atoms with Crippen molar-refractivity contribution in [2.24, 2.45) is 0 Å². The molecule has 1 aromatic carbocycles. The minimum atomic E-state index is 0.00501. The first-order chi connectivity index (χ1) is 12.6. The second-order valence-corrected chi connectivity index (χ2v) is 6.37. The van der Waals surface area contributed by atoms with Crippen molar-refractivity contribution in [1.29, 1.82) is 0 Å². The Labute approximate surface area is 153 Å². The Hall–Kier alpha value is -2.89. The van der Waals surface area contributed by atoms with Gasteiger partial charge in [-0.25, -0.2) is 0 Å². The Morgan fingerprint density at radius 2 is 2.15 bits per heavy atom. The molecule has 0 aliphatic carbocycles. The minimum Gasteiger partial charge on any atom is -0.491 e. The van der Waals surface area contributed by atoms with Gasteiger partial charge in [-0.3, -0.25) is 14.6 Å². The predicted molar refractivity (Wildman–Crippen MR) is 97.4 cm³/mol. The van der Waals surface area contributed by atoms with Crippen molar-refractivity contribution in [3.63, 3.8) is 0 Å². The molecule has 2 aromatic rings. The SMILES string of the molecule is CC(=O)N1CCOc2ccc(CCC(=O)NCc3cccnc3)cc2C1. The van der Waals surface area contributed by atoms with Crippen LogP contribution in [0.5, 0.6) is 5.75 Å². The van der Waals surface area contributed by atoms with Gasteiger partial charge < -0.3 is 15.0 Å². The number of fused-ring (bicyclic) bond motifs is 1. The number of pyridine rings is 1. The Balaban J connectivity index is 1.55. The van der Waals surface area contributed by atoms with E-state index in [0.717, 1.165) is 22.4 Å². The van der Waals surface area contributed by atoms with Crippen LogP contribution in [0.15, 0.2) is 42.7 Å². The van der Waals surface area contributed by atoms with Crippen LogP contribution >= 0.6 is 0 Å². The van der Waals surface area contributed by atoms with Crippen molar-refractivity contribution in [3.05, 3.63) is 59.4 Å². The normalized spacial score (nSPS) is 13.3. The fraction of sp³-hybridized carbons (Fsp3) is 0.350. The summed E-state index contributed by atoms with van der Waals surface area (Å²) in [6, 6.07) is 9.73. The molecule has 0 radical (unpaired) electrons. The van der Waals surface area contributed by atoms with Gasteiger partial charge in [0.25, 0.3) is 0 Å². The van der Waals surface area contributed by atoms with Gasteiger partial charge in [-0.15, -0.1) is 0 Å². The van der Waals surface area contributed by atoms with E-state index in [4.69, 9.17) is 4.74 Å². The summed E-state index contributed by atoms with van der Waals surface area (Å²) >= 11 is 0. The van der Waals surface area contributed by atoms with Crippen molar-refractivity contribution in [2.75, 3.05) is 13.2 Å². The van der Waals surface area contributed by atoms with E-state index in [2.05, 4.69) is 10.3 Å². The van der Waals surface area contributed by atoms with Crippen molar-refractivity contribution >= 4 is 11.8 Å². The van der Waals surface area contributed by atoms with Crippen molar-refractivity contribution in [3.8, 4) is 5.75 Å². The number of hydrogen-bond donors (Lipinski definition) is 1. The van der Waals surface area contributed by atoms with E-state index < -0.39 is 0 Å². The maximum Gasteiger partial charge on any atom is 0.220 e. The van der Waals surface area contributed by atoms with Gasteiger partial charge in [-0.05, 0) is 29.7 Å². The third kappa shape index (κ3) is 4.81. The molecule has 1 aliphatic rings. The second kappa shape index (κ2) is 8.47. The van der Waals surface area contributed by atoms with Crippen LogP contribution in [0.2, 0.25) is 0 Å². The molecule has 2 amide bonds. The number of benzene rings is 1. The van der Waals surface area contributed by atoms with Gasteiger partial charge in [-0.1, -0.05) is 18.2 Å². The van der Waals surface area contributed by atoms with Crippen LogP contribution in [0.4, 0.5) is 0 Å². The Morgan fingerprint density at radius 3 is 2.92 bits per heavy atom. The van der Waals surface area contributed by atoms with Gasteiger partial charge in [0.05, 0.1) is 6.54 Å². The third-order valence-corrected chi connectivity index (χ3v) is 4.40. The molecule has 3 rings (SSSR count). The number of amides is 2. The number of aromatic nitrogens is 1. The zero-order chi connectivity index (χ0) is 18.4. The number of carbonyl (C=O) groups excluding carboxylic acids is 2. The molecular formula is C20H23N3O3. The first-order valence-corrected chi connectivity index (χ1v) is 8.77. The average molecular weight is 353 g/mol. The van der Waals surface area contributed by atoms with E-state index in [-0.39, 0.29) is 11.8 Å². The summed E-state index contributed by atoms with van der Waals surface area (Å²) in [5.41, 5.74) is 3.03. The quantitative estimate of drug-likeness (QED) is 0.893. The lowest BCUT2D eigenvalue weighted by molar-refractivity contribution is -0.129. The maximum atomic E-state index is 12.1. The molecule has 2 heterocycles. The summed E-state index contributed by atoms with van der Waals surface area (Å²) in [4.78, 5) is 29.5. The highest BCUT2D eigenvalue weighted by atomic mass is 16.5. The summed E-state index contributed by atoms with van der Waals surface area (Å²) in [5.74, 6) is 0.866. The molecule has 136 valence electrons. The summed E-state index contributed by atoms with van der Waals surface area (Å²) in [7, 11) is 0. The number of aryl methyl sites for hydroxylation is 1. The smallest absolute Gasteiger partial charge is 0.220 e. The van der Waals surface area contributed by atoms with Crippen LogP contribution in [0, 0.1) is 0 Å².